The lowest BCUT2D eigenvalue weighted by molar-refractivity contribution is 0.190. The molecular weight excluding hydrogens is 483 g/mol. The maximum atomic E-state index is 13.1. The summed E-state index contributed by atoms with van der Waals surface area (Å²) in [6, 6.07) is 21.6. The highest BCUT2D eigenvalue weighted by Crippen LogP contribution is 2.37. The molecule has 0 unspecified atom stereocenters. The molecule has 0 bridgehead atoms. The normalized spacial score (nSPS) is 14.9. The van der Waals surface area contributed by atoms with Gasteiger partial charge in [0.05, 0.1) is 11.6 Å². The number of ether oxygens (including phenoxy) is 2. The zero-order chi connectivity index (χ0) is 23.0. The van der Waals surface area contributed by atoms with E-state index in [-0.39, 0.29) is 5.82 Å². The lowest BCUT2D eigenvalue weighted by atomic mass is 10.0. The summed E-state index contributed by atoms with van der Waals surface area (Å²) in [5, 5.41) is 3.70. The van der Waals surface area contributed by atoms with E-state index in [1.807, 2.05) is 6.07 Å². The van der Waals surface area contributed by atoms with Crippen LogP contribution in [0.5, 0.6) is 11.5 Å². The van der Waals surface area contributed by atoms with Gasteiger partial charge in [-0.2, -0.15) is 0 Å². The van der Waals surface area contributed by atoms with Crippen LogP contribution in [0.25, 0.3) is 0 Å². The second-order valence-corrected chi connectivity index (χ2v) is 9.30. The van der Waals surface area contributed by atoms with Gasteiger partial charge in [-0.25, -0.2) is 4.39 Å². The van der Waals surface area contributed by atoms with Crippen molar-refractivity contribution in [1.29, 1.82) is 0 Å². The van der Waals surface area contributed by atoms with Crippen LogP contribution in [0.4, 0.5) is 4.39 Å². The zero-order valence-electron chi connectivity index (χ0n) is 18.9. The molecule has 4 rings (SSSR count). The van der Waals surface area contributed by atoms with E-state index >= 15 is 0 Å². The number of nitrogens with zero attached hydrogens (tertiary/aromatic N) is 1. The van der Waals surface area contributed by atoms with Gasteiger partial charge in [-0.3, -0.25) is 4.90 Å². The first-order valence-corrected chi connectivity index (χ1v) is 12.1. The maximum Gasteiger partial charge on any atom is 0.175 e. The van der Waals surface area contributed by atoms with Gasteiger partial charge in [-0.15, -0.1) is 0 Å². The third-order valence-electron chi connectivity index (χ3n) is 6.02. The molecule has 1 fully saturated rings. The lowest BCUT2D eigenvalue weighted by Gasteiger charge is -2.32. The van der Waals surface area contributed by atoms with Gasteiger partial charge in [0.2, 0.25) is 0 Å². The molecule has 174 valence electrons. The predicted octanol–water partition coefficient (Wildman–Crippen LogP) is 5.93. The van der Waals surface area contributed by atoms with Crippen molar-refractivity contribution in [2.24, 2.45) is 0 Å². The average molecular weight is 513 g/mol. The molecule has 3 aromatic carbocycles. The highest BCUT2D eigenvalue weighted by Gasteiger charge is 2.19. The molecule has 0 amide bonds. The number of methoxy groups -OCH3 is 1. The third kappa shape index (κ3) is 6.79. The summed E-state index contributed by atoms with van der Waals surface area (Å²) in [5.74, 6) is 1.08. The number of piperidine rings is 1. The van der Waals surface area contributed by atoms with E-state index in [1.165, 1.54) is 17.7 Å². The zero-order valence-corrected chi connectivity index (χ0v) is 20.5. The highest BCUT2D eigenvalue weighted by atomic mass is 79.9. The smallest absolute Gasteiger partial charge is 0.175 e. The molecule has 1 aliphatic heterocycles. The van der Waals surface area contributed by atoms with Gasteiger partial charge in [0, 0.05) is 19.1 Å². The van der Waals surface area contributed by atoms with Crippen molar-refractivity contribution in [2.45, 2.75) is 38.6 Å². The van der Waals surface area contributed by atoms with Crippen LogP contribution in [0.15, 0.2) is 71.2 Å². The average Bonchev–Trinajstić information content (AvgIpc) is 2.84. The molecule has 1 aliphatic rings. The summed E-state index contributed by atoms with van der Waals surface area (Å²) in [4.78, 5) is 2.53. The van der Waals surface area contributed by atoms with Gasteiger partial charge in [-0.05, 0) is 82.8 Å². The van der Waals surface area contributed by atoms with E-state index in [2.05, 4.69) is 62.5 Å². The third-order valence-corrected chi connectivity index (χ3v) is 6.61. The standard InChI is InChI=1S/C27H30BrFN2O2/c1-32-26-16-22(15-25(28)27(26)33-19-21-7-9-23(29)10-8-21)17-30-24-11-13-31(14-12-24)18-20-5-3-2-4-6-20/h2-10,15-16,24,30H,11-14,17-19H2,1H3. The molecule has 0 spiro atoms. The van der Waals surface area contributed by atoms with E-state index in [0.717, 1.165) is 54.6 Å². The largest absolute Gasteiger partial charge is 0.493 e. The predicted molar refractivity (Wildman–Crippen MR) is 133 cm³/mol. The van der Waals surface area contributed by atoms with Crippen molar-refractivity contribution >= 4 is 15.9 Å². The molecule has 4 nitrogen and oxygen atoms in total. The van der Waals surface area contributed by atoms with Gasteiger partial charge in [0.1, 0.15) is 12.4 Å². The molecule has 0 aromatic heterocycles. The molecular formula is C27H30BrFN2O2. The minimum atomic E-state index is -0.253. The van der Waals surface area contributed by atoms with Crippen molar-refractivity contribution in [3.05, 3.63) is 93.7 Å². The van der Waals surface area contributed by atoms with Crippen molar-refractivity contribution in [2.75, 3.05) is 20.2 Å². The van der Waals surface area contributed by atoms with E-state index in [1.54, 1.807) is 19.2 Å². The summed E-state index contributed by atoms with van der Waals surface area (Å²) < 4.78 is 25.5. The van der Waals surface area contributed by atoms with Gasteiger partial charge < -0.3 is 14.8 Å². The molecule has 0 atom stereocenters. The Hall–Kier alpha value is -2.41. The maximum absolute atomic E-state index is 13.1. The minimum absolute atomic E-state index is 0.253. The van der Waals surface area contributed by atoms with Crippen LogP contribution in [0.1, 0.15) is 29.5 Å². The van der Waals surface area contributed by atoms with Gasteiger partial charge in [0.15, 0.2) is 11.5 Å². The Morgan fingerprint density at radius 1 is 0.970 bits per heavy atom. The molecule has 0 saturated carbocycles. The van der Waals surface area contributed by atoms with Crippen LogP contribution in [0.2, 0.25) is 0 Å². The quantitative estimate of drug-likeness (QED) is 0.385. The van der Waals surface area contributed by atoms with E-state index < -0.39 is 0 Å². The fourth-order valence-electron chi connectivity index (χ4n) is 4.15. The number of rotatable bonds is 9. The van der Waals surface area contributed by atoms with Crippen LogP contribution >= 0.6 is 15.9 Å². The van der Waals surface area contributed by atoms with Crippen LogP contribution in [0.3, 0.4) is 0 Å². The van der Waals surface area contributed by atoms with E-state index in [4.69, 9.17) is 9.47 Å². The number of hydrogen-bond donors (Lipinski definition) is 1. The van der Waals surface area contributed by atoms with Crippen LogP contribution < -0.4 is 14.8 Å². The minimum Gasteiger partial charge on any atom is -0.493 e. The number of hydrogen-bond acceptors (Lipinski definition) is 4. The number of halogens is 2. The number of nitrogens with one attached hydrogen (secondary N) is 1. The van der Waals surface area contributed by atoms with Crippen molar-refractivity contribution < 1.29 is 13.9 Å². The number of likely N-dealkylation sites (tertiary alicyclic amines) is 1. The second kappa shape index (κ2) is 11.6. The van der Waals surface area contributed by atoms with Crippen molar-refractivity contribution in [3.8, 4) is 11.5 Å². The molecule has 1 saturated heterocycles. The van der Waals surface area contributed by atoms with E-state index in [9.17, 15) is 4.39 Å². The molecule has 0 aliphatic carbocycles. The molecule has 3 aromatic rings. The second-order valence-electron chi connectivity index (χ2n) is 8.44. The van der Waals surface area contributed by atoms with Gasteiger partial charge >= 0.3 is 0 Å². The van der Waals surface area contributed by atoms with Gasteiger partial charge in [-0.1, -0.05) is 42.5 Å². The van der Waals surface area contributed by atoms with E-state index in [0.29, 0.717) is 24.1 Å². The fourth-order valence-corrected chi connectivity index (χ4v) is 4.75. The monoisotopic (exact) mass is 512 g/mol. The Kier molecular flexibility index (Phi) is 8.37. The van der Waals surface area contributed by atoms with Crippen molar-refractivity contribution in [3.63, 3.8) is 0 Å². The molecule has 1 N–H and O–H groups in total. The molecule has 33 heavy (non-hydrogen) atoms. The van der Waals surface area contributed by atoms with Crippen LogP contribution in [-0.4, -0.2) is 31.1 Å². The Bertz CT molecular complexity index is 1020. The highest BCUT2D eigenvalue weighted by molar-refractivity contribution is 9.10. The van der Waals surface area contributed by atoms with Crippen molar-refractivity contribution in [1.82, 2.24) is 10.2 Å². The first-order chi connectivity index (χ1) is 16.1. The van der Waals surface area contributed by atoms with Crippen LogP contribution in [0, 0.1) is 5.82 Å². The molecule has 1 heterocycles. The topological polar surface area (TPSA) is 33.7 Å². The summed E-state index contributed by atoms with van der Waals surface area (Å²) in [7, 11) is 1.65. The Morgan fingerprint density at radius 2 is 1.70 bits per heavy atom. The van der Waals surface area contributed by atoms with Gasteiger partial charge in [0.25, 0.3) is 0 Å². The summed E-state index contributed by atoms with van der Waals surface area (Å²) >= 11 is 3.63. The van der Waals surface area contributed by atoms with Crippen LogP contribution in [-0.2, 0) is 19.7 Å². The first kappa shape index (κ1) is 23.7. The lowest BCUT2D eigenvalue weighted by Crippen LogP contribution is -2.41. The summed E-state index contributed by atoms with van der Waals surface area (Å²) in [5.41, 5.74) is 3.41. The SMILES string of the molecule is COc1cc(CNC2CCN(Cc3ccccc3)CC2)cc(Br)c1OCc1ccc(F)cc1. The summed E-state index contributed by atoms with van der Waals surface area (Å²) in [6.45, 7) is 4.35. The number of benzene rings is 3. The fraction of sp³-hybridized carbons (Fsp3) is 0.333. The Labute approximate surface area is 203 Å². The molecule has 0 radical (unpaired) electrons. The summed E-state index contributed by atoms with van der Waals surface area (Å²) in [6.07, 6.45) is 2.29. The Balaban J connectivity index is 1.28. The first-order valence-electron chi connectivity index (χ1n) is 11.3. The molecule has 6 heteroatoms. The Morgan fingerprint density at radius 3 is 2.39 bits per heavy atom.